The van der Waals surface area contributed by atoms with E-state index in [1.165, 1.54) is 19.3 Å². The molecule has 1 fully saturated rings. The maximum absolute atomic E-state index is 4.31. The Morgan fingerprint density at radius 2 is 2.43 bits per heavy atom. The van der Waals surface area contributed by atoms with Gasteiger partial charge in [0.2, 0.25) is 5.95 Å². The van der Waals surface area contributed by atoms with Crippen molar-refractivity contribution in [3.63, 3.8) is 0 Å². The van der Waals surface area contributed by atoms with Gasteiger partial charge in [-0.25, -0.2) is 4.98 Å². The van der Waals surface area contributed by atoms with Gasteiger partial charge in [0, 0.05) is 25.0 Å². The van der Waals surface area contributed by atoms with Gasteiger partial charge in [-0.3, -0.25) is 0 Å². The van der Waals surface area contributed by atoms with E-state index < -0.39 is 0 Å². The number of nitrogens with zero attached hydrogens (tertiary/aromatic N) is 2. The first-order valence-corrected chi connectivity index (χ1v) is 5.62. The molecule has 1 aliphatic carbocycles. The summed E-state index contributed by atoms with van der Waals surface area (Å²) in [7, 11) is 0. The minimum atomic E-state index is 0.683. The molecule has 2 atom stereocenters. The molecule has 14 heavy (non-hydrogen) atoms. The SMILES string of the molecule is CCCC1CC1Nc1nccn1CC. The number of anilines is 1. The summed E-state index contributed by atoms with van der Waals surface area (Å²) >= 11 is 0. The monoisotopic (exact) mass is 193 g/mol. The van der Waals surface area contributed by atoms with Crippen molar-refractivity contribution in [1.82, 2.24) is 9.55 Å². The van der Waals surface area contributed by atoms with E-state index in [4.69, 9.17) is 0 Å². The lowest BCUT2D eigenvalue weighted by atomic mass is 10.2. The van der Waals surface area contributed by atoms with Crippen LogP contribution in [0.15, 0.2) is 12.4 Å². The predicted molar refractivity (Wildman–Crippen MR) is 58.3 cm³/mol. The highest BCUT2D eigenvalue weighted by Crippen LogP contribution is 2.36. The maximum atomic E-state index is 4.31. The van der Waals surface area contributed by atoms with Crippen molar-refractivity contribution in [2.45, 2.75) is 45.7 Å². The van der Waals surface area contributed by atoms with Crippen LogP contribution >= 0.6 is 0 Å². The molecule has 1 saturated carbocycles. The van der Waals surface area contributed by atoms with Gasteiger partial charge >= 0.3 is 0 Å². The second-order valence-corrected chi connectivity index (χ2v) is 4.07. The smallest absolute Gasteiger partial charge is 0.202 e. The van der Waals surface area contributed by atoms with Gasteiger partial charge in [-0.2, -0.15) is 0 Å². The number of imidazole rings is 1. The number of hydrogen-bond acceptors (Lipinski definition) is 2. The normalized spacial score (nSPS) is 25.0. The molecule has 0 aliphatic heterocycles. The van der Waals surface area contributed by atoms with Crippen LogP contribution < -0.4 is 5.32 Å². The standard InChI is InChI=1S/C11H19N3/c1-3-5-9-8-10(9)13-11-12-6-7-14(11)4-2/h6-7,9-10H,3-5,8H2,1-2H3,(H,12,13). The average molecular weight is 193 g/mol. The van der Waals surface area contributed by atoms with Crippen LogP contribution in [0.5, 0.6) is 0 Å². The molecule has 0 saturated heterocycles. The van der Waals surface area contributed by atoms with Crippen molar-refractivity contribution in [1.29, 1.82) is 0 Å². The zero-order chi connectivity index (χ0) is 9.97. The molecule has 0 aromatic carbocycles. The Labute approximate surface area is 85.5 Å². The molecule has 0 bridgehead atoms. The number of rotatable bonds is 5. The fourth-order valence-corrected chi connectivity index (χ4v) is 1.98. The maximum Gasteiger partial charge on any atom is 0.202 e. The lowest BCUT2D eigenvalue weighted by Crippen LogP contribution is -2.10. The van der Waals surface area contributed by atoms with Crippen molar-refractivity contribution in [3.05, 3.63) is 12.4 Å². The minimum absolute atomic E-state index is 0.683. The van der Waals surface area contributed by atoms with Crippen LogP contribution in [0.25, 0.3) is 0 Å². The largest absolute Gasteiger partial charge is 0.353 e. The number of aryl methyl sites for hydroxylation is 1. The molecule has 2 rings (SSSR count). The van der Waals surface area contributed by atoms with E-state index in [2.05, 4.69) is 28.7 Å². The third-order valence-corrected chi connectivity index (χ3v) is 2.95. The van der Waals surface area contributed by atoms with E-state index in [9.17, 15) is 0 Å². The summed E-state index contributed by atoms with van der Waals surface area (Å²) in [6, 6.07) is 0.683. The summed E-state index contributed by atoms with van der Waals surface area (Å²) in [6.07, 6.45) is 7.86. The summed E-state index contributed by atoms with van der Waals surface area (Å²) in [4.78, 5) is 4.31. The van der Waals surface area contributed by atoms with Gasteiger partial charge in [0.1, 0.15) is 0 Å². The first kappa shape index (κ1) is 9.56. The zero-order valence-electron chi connectivity index (χ0n) is 9.03. The topological polar surface area (TPSA) is 29.9 Å². The van der Waals surface area contributed by atoms with Crippen LogP contribution in [0, 0.1) is 5.92 Å². The Morgan fingerprint density at radius 1 is 1.57 bits per heavy atom. The van der Waals surface area contributed by atoms with Gasteiger partial charge in [0.05, 0.1) is 0 Å². The molecule has 1 aromatic rings. The van der Waals surface area contributed by atoms with Crippen LogP contribution in [0.3, 0.4) is 0 Å². The van der Waals surface area contributed by atoms with Gasteiger partial charge in [-0.05, 0) is 25.7 Å². The molecular formula is C11H19N3. The highest BCUT2D eigenvalue weighted by Gasteiger charge is 2.36. The van der Waals surface area contributed by atoms with Gasteiger partial charge in [-0.1, -0.05) is 13.3 Å². The van der Waals surface area contributed by atoms with Crippen LogP contribution in [0.1, 0.15) is 33.1 Å². The highest BCUT2D eigenvalue weighted by molar-refractivity contribution is 5.30. The van der Waals surface area contributed by atoms with E-state index >= 15 is 0 Å². The van der Waals surface area contributed by atoms with E-state index in [0.717, 1.165) is 18.4 Å². The highest BCUT2D eigenvalue weighted by atomic mass is 15.2. The summed E-state index contributed by atoms with van der Waals surface area (Å²) in [5.74, 6) is 1.93. The Morgan fingerprint density at radius 3 is 3.14 bits per heavy atom. The molecule has 1 aromatic heterocycles. The fraction of sp³-hybridized carbons (Fsp3) is 0.727. The fourth-order valence-electron chi connectivity index (χ4n) is 1.98. The van der Waals surface area contributed by atoms with Crippen LogP contribution in [0.4, 0.5) is 5.95 Å². The summed E-state index contributed by atoms with van der Waals surface area (Å²) in [5.41, 5.74) is 0. The van der Waals surface area contributed by atoms with Gasteiger partial charge < -0.3 is 9.88 Å². The Balaban J connectivity index is 1.87. The van der Waals surface area contributed by atoms with Gasteiger partial charge in [-0.15, -0.1) is 0 Å². The number of aromatic nitrogens is 2. The second-order valence-electron chi connectivity index (χ2n) is 4.07. The summed E-state index contributed by atoms with van der Waals surface area (Å²) in [5, 5.41) is 3.50. The van der Waals surface area contributed by atoms with Crippen LogP contribution in [-0.4, -0.2) is 15.6 Å². The number of hydrogen-bond donors (Lipinski definition) is 1. The Kier molecular flexibility index (Phi) is 2.75. The van der Waals surface area contributed by atoms with E-state index in [1.54, 1.807) is 0 Å². The third kappa shape index (κ3) is 1.91. The lowest BCUT2D eigenvalue weighted by Gasteiger charge is -2.06. The molecule has 0 amide bonds. The minimum Gasteiger partial charge on any atom is -0.353 e. The first-order valence-electron chi connectivity index (χ1n) is 5.62. The van der Waals surface area contributed by atoms with E-state index in [0.29, 0.717) is 6.04 Å². The summed E-state index contributed by atoms with van der Waals surface area (Å²) < 4.78 is 2.15. The average Bonchev–Trinajstić information content (AvgIpc) is 2.76. The quantitative estimate of drug-likeness (QED) is 0.778. The van der Waals surface area contributed by atoms with Gasteiger partial charge in [0.25, 0.3) is 0 Å². The molecule has 0 spiro atoms. The van der Waals surface area contributed by atoms with E-state index in [1.807, 2.05) is 12.4 Å². The molecule has 1 heterocycles. The molecule has 1 aliphatic rings. The van der Waals surface area contributed by atoms with E-state index in [-0.39, 0.29) is 0 Å². The summed E-state index contributed by atoms with van der Waals surface area (Å²) in [6.45, 7) is 5.39. The Hall–Kier alpha value is -0.990. The van der Waals surface area contributed by atoms with Crippen molar-refractivity contribution >= 4 is 5.95 Å². The van der Waals surface area contributed by atoms with Crippen LogP contribution in [-0.2, 0) is 6.54 Å². The molecule has 78 valence electrons. The first-order chi connectivity index (χ1) is 6.85. The molecule has 1 N–H and O–H groups in total. The zero-order valence-corrected chi connectivity index (χ0v) is 9.03. The molecule has 0 radical (unpaired) electrons. The molecular weight excluding hydrogens is 174 g/mol. The molecule has 3 nitrogen and oxygen atoms in total. The Bertz CT molecular complexity index is 292. The van der Waals surface area contributed by atoms with Crippen molar-refractivity contribution < 1.29 is 0 Å². The van der Waals surface area contributed by atoms with Crippen LogP contribution in [0.2, 0.25) is 0 Å². The lowest BCUT2D eigenvalue weighted by molar-refractivity contribution is 0.686. The van der Waals surface area contributed by atoms with Gasteiger partial charge in [0.15, 0.2) is 0 Å². The van der Waals surface area contributed by atoms with Crippen molar-refractivity contribution in [3.8, 4) is 0 Å². The molecule has 3 heteroatoms. The predicted octanol–water partition coefficient (Wildman–Crippen LogP) is 2.50. The number of nitrogens with one attached hydrogen (secondary N) is 1. The second kappa shape index (κ2) is 4.03. The van der Waals surface area contributed by atoms with Crippen molar-refractivity contribution in [2.75, 3.05) is 5.32 Å². The molecule has 2 unspecified atom stereocenters. The third-order valence-electron chi connectivity index (χ3n) is 2.95. The van der Waals surface area contributed by atoms with Crippen molar-refractivity contribution in [2.24, 2.45) is 5.92 Å².